The molecule has 0 amide bonds. The van der Waals surface area contributed by atoms with Gasteiger partial charge in [-0.25, -0.2) is 0 Å². The first kappa shape index (κ1) is 15.8. The van der Waals surface area contributed by atoms with Crippen LogP contribution in [0.1, 0.15) is 72.1 Å². The average Bonchev–Trinajstić information content (AvgIpc) is 3.08. The summed E-state index contributed by atoms with van der Waals surface area (Å²) in [4.78, 5) is 0. The molecular weight excluding hydrogens is 256 g/mol. The summed E-state index contributed by atoms with van der Waals surface area (Å²) >= 11 is 0. The lowest BCUT2D eigenvalue weighted by Crippen LogP contribution is -2.47. The maximum Gasteiger partial charge on any atom is 0.0145 e. The van der Waals surface area contributed by atoms with Crippen molar-refractivity contribution in [2.24, 2.45) is 23.7 Å². The molecule has 3 rings (SSSR count). The monoisotopic (exact) mass is 292 g/mol. The van der Waals surface area contributed by atoms with Crippen LogP contribution >= 0.6 is 0 Å². The highest BCUT2D eigenvalue weighted by Gasteiger charge is 2.49. The molecule has 2 saturated heterocycles. The topological polar surface area (TPSA) is 24.1 Å². The second-order valence-electron chi connectivity index (χ2n) is 8.06. The number of unbranched alkanes of at least 4 members (excludes halogenated alkanes) is 1. The van der Waals surface area contributed by atoms with E-state index in [1.54, 1.807) is 0 Å². The summed E-state index contributed by atoms with van der Waals surface area (Å²) in [7, 11) is 0. The summed E-state index contributed by atoms with van der Waals surface area (Å²) < 4.78 is 0. The molecule has 1 aliphatic carbocycles. The van der Waals surface area contributed by atoms with Gasteiger partial charge in [0.25, 0.3) is 0 Å². The Hall–Kier alpha value is -0.0800. The highest BCUT2D eigenvalue weighted by atomic mass is 15.1. The minimum Gasteiger partial charge on any atom is -0.314 e. The lowest BCUT2D eigenvalue weighted by atomic mass is 9.71. The Morgan fingerprint density at radius 3 is 2.71 bits per heavy atom. The van der Waals surface area contributed by atoms with Gasteiger partial charge in [0.15, 0.2) is 0 Å². The third kappa shape index (κ3) is 3.17. The Bertz CT molecular complexity index is 330. The van der Waals surface area contributed by atoms with Gasteiger partial charge < -0.3 is 10.6 Å². The van der Waals surface area contributed by atoms with Crippen molar-refractivity contribution in [3.63, 3.8) is 0 Å². The summed E-state index contributed by atoms with van der Waals surface area (Å²) in [6.45, 7) is 8.51. The molecule has 7 unspecified atom stereocenters. The van der Waals surface area contributed by atoms with Gasteiger partial charge in [-0.3, -0.25) is 0 Å². The van der Waals surface area contributed by atoms with Crippen LogP contribution in [0.5, 0.6) is 0 Å². The molecule has 2 heteroatoms. The van der Waals surface area contributed by atoms with E-state index < -0.39 is 0 Å². The first-order valence-electron chi connectivity index (χ1n) is 9.74. The van der Waals surface area contributed by atoms with Crippen LogP contribution in [0.2, 0.25) is 0 Å². The summed E-state index contributed by atoms with van der Waals surface area (Å²) in [5.74, 6) is 3.72. The third-order valence-corrected chi connectivity index (χ3v) is 6.98. The lowest BCUT2D eigenvalue weighted by molar-refractivity contribution is 0.190. The van der Waals surface area contributed by atoms with Gasteiger partial charge >= 0.3 is 0 Å². The SMILES string of the molecule is CCCCC(CC)CC1NC2C3CCNC3CCC2C1C. The number of rotatable bonds is 6. The van der Waals surface area contributed by atoms with E-state index in [0.29, 0.717) is 0 Å². The van der Waals surface area contributed by atoms with Crippen molar-refractivity contribution in [3.05, 3.63) is 0 Å². The molecule has 0 aromatic carbocycles. The molecule has 0 aromatic heterocycles. The fourth-order valence-electron chi connectivity index (χ4n) is 5.56. The Labute approximate surface area is 131 Å². The first-order valence-corrected chi connectivity index (χ1v) is 9.74. The zero-order valence-electron chi connectivity index (χ0n) is 14.4. The Kier molecular flexibility index (Phi) is 5.27. The van der Waals surface area contributed by atoms with Crippen molar-refractivity contribution < 1.29 is 0 Å². The van der Waals surface area contributed by atoms with E-state index in [0.717, 1.165) is 41.8 Å². The molecule has 7 atom stereocenters. The normalized spacial score (nSPS) is 43.6. The van der Waals surface area contributed by atoms with E-state index in [1.165, 1.54) is 57.9 Å². The molecule has 2 N–H and O–H groups in total. The molecule has 1 saturated carbocycles. The van der Waals surface area contributed by atoms with Gasteiger partial charge in [-0.15, -0.1) is 0 Å². The van der Waals surface area contributed by atoms with Gasteiger partial charge in [-0.1, -0.05) is 46.5 Å². The van der Waals surface area contributed by atoms with Crippen LogP contribution in [0, 0.1) is 23.7 Å². The predicted octanol–water partition coefficient (Wildman–Crippen LogP) is 3.96. The fraction of sp³-hybridized carbons (Fsp3) is 1.00. The second kappa shape index (κ2) is 7.00. The zero-order chi connectivity index (χ0) is 14.8. The molecule has 21 heavy (non-hydrogen) atoms. The molecule has 2 nitrogen and oxygen atoms in total. The Morgan fingerprint density at radius 1 is 1.10 bits per heavy atom. The smallest absolute Gasteiger partial charge is 0.0145 e. The third-order valence-electron chi connectivity index (χ3n) is 6.98. The standard InChI is InChI=1S/C19H36N2/c1-4-6-7-14(5-2)12-18-13(3)15-8-9-17-16(10-11-20-17)19(15)21-18/h13-21H,4-12H2,1-3H3. The lowest BCUT2D eigenvalue weighted by Gasteiger charge is -2.36. The van der Waals surface area contributed by atoms with Crippen LogP contribution in [0.4, 0.5) is 0 Å². The van der Waals surface area contributed by atoms with Crippen molar-refractivity contribution in [1.82, 2.24) is 10.6 Å². The number of hydrogen-bond donors (Lipinski definition) is 2. The van der Waals surface area contributed by atoms with Crippen molar-refractivity contribution >= 4 is 0 Å². The van der Waals surface area contributed by atoms with Crippen LogP contribution in [0.15, 0.2) is 0 Å². The van der Waals surface area contributed by atoms with E-state index >= 15 is 0 Å². The van der Waals surface area contributed by atoms with E-state index in [1.807, 2.05) is 0 Å². The van der Waals surface area contributed by atoms with Gasteiger partial charge in [0, 0.05) is 18.1 Å². The highest BCUT2D eigenvalue weighted by molar-refractivity contribution is 5.06. The largest absolute Gasteiger partial charge is 0.314 e. The van der Waals surface area contributed by atoms with Crippen LogP contribution in [0.3, 0.4) is 0 Å². The Balaban J connectivity index is 1.60. The molecule has 0 bridgehead atoms. The minimum absolute atomic E-state index is 0.793. The Morgan fingerprint density at radius 2 is 1.95 bits per heavy atom. The van der Waals surface area contributed by atoms with Crippen LogP contribution in [-0.4, -0.2) is 24.7 Å². The number of fused-ring (bicyclic) bond motifs is 3. The van der Waals surface area contributed by atoms with Crippen LogP contribution in [-0.2, 0) is 0 Å². The van der Waals surface area contributed by atoms with Crippen molar-refractivity contribution in [2.45, 2.75) is 90.3 Å². The van der Waals surface area contributed by atoms with Gasteiger partial charge in [-0.05, 0) is 55.9 Å². The minimum atomic E-state index is 0.793. The van der Waals surface area contributed by atoms with Gasteiger partial charge in [0.2, 0.25) is 0 Å². The summed E-state index contributed by atoms with van der Waals surface area (Å²) in [5, 5.41) is 7.86. The molecule has 0 aromatic rings. The van der Waals surface area contributed by atoms with E-state index in [4.69, 9.17) is 0 Å². The van der Waals surface area contributed by atoms with E-state index in [9.17, 15) is 0 Å². The van der Waals surface area contributed by atoms with Gasteiger partial charge in [0.1, 0.15) is 0 Å². The van der Waals surface area contributed by atoms with E-state index in [2.05, 4.69) is 31.4 Å². The number of nitrogens with one attached hydrogen (secondary N) is 2. The van der Waals surface area contributed by atoms with Crippen LogP contribution in [0.25, 0.3) is 0 Å². The molecule has 0 spiro atoms. The maximum atomic E-state index is 4.12. The zero-order valence-corrected chi connectivity index (χ0v) is 14.4. The average molecular weight is 293 g/mol. The predicted molar refractivity (Wildman–Crippen MR) is 90.4 cm³/mol. The van der Waals surface area contributed by atoms with Gasteiger partial charge in [-0.2, -0.15) is 0 Å². The molecule has 2 aliphatic heterocycles. The van der Waals surface area contributed by atoms with E-state index in [-0.39, 0.29) is 0 Å². The summed E-state index contributed by atoms with van der Waals surface area (Å²) in [5.41, 5.74) is 0. The molecule has 2 heterocycles. The molecular formula is C19H36N2. The fourth-order valence-corrected chi connectivity index (χ4v) is 5.56. The van der Waals surface area contributed by atoms with Crippen molar-refractivity contribution in [2.75, 3.05) is 6.54 Å². The maximum absolute atomic E-state index is 4.12. The summed E-state index contributed by atoms with van der Waals surface area (Å²) in [6.07, 6.45) is 11.3. The highest BCUT2D eigenvalue weighted by Crippen LogP contribution is 2.44. The molecule has 0 radical (unpaired) electrons. The summed E-state index contributed by atoms with van der Waals surface area (Å²) in [6, 6.07) is 2.44. The van der Waals surface area contributed by atoms with Gasteiger partial charge in [0.05, 0.1) is 0 Å². The van der Waals surface area contributed by atoms with Crippen molar-refractivity contribution in [1.29, 1.82) is 0 Å². The van der Waals surface area contributed by atoms with Crippen molar-refractivity contribution in [3.8, 4) is 0 Å². The first-order chi connectivity index (χ1) is 10.2. The quantitative estimate of drug-likeness (QED) is 0.774. The molecule has 3 fully saturated rings. The second-order valence-corrected chi connectivity index (χ2v) is 8.06. The number of hydrogen-bond acceptors (Lipinski definition) is 2. The molecule has 3 aliphatic rings. The van der Waals surface area contributed by atoms with Crippen LogP contribution < -0.4 is 10.6 Å². The molecule has 122 valence electrons.